The summed E-state index contributed by atoms with van der Waals surface area (Å²) in [6, 6.07) is 7.59. The quantitative estimate of drug-likeness (QED) is 0.256. The largest absolute Gasteiger partial charge is 0.494 e. The second-order valence-corrected chi connectivity index (χ2v) is 10.2. The van der Waals surface area contributed by atoms with Crippen molar-refractivity contribution in [2.45, 2.75) is 89.5 Å². The van der Waals surface area contributed by atoms with Crippen molar-refractivity contribution >= 4 is 11.7 Å². The average molecular weight is 533 g/mol. The number of carbonyl (C=O) groups is 1. The van der Waals surface area contributed by atoms with Gasteiger partial charge in [0, 0.05) is 24.7 Å². The molecular weight excluding hydrogens is 490 g/mol. The summed E-state index contributed by atoms with van der Waals surface area (Å²) in [6.45, 7) is 3.57. The number of nitrogens with zero attached hydrogens (tertiary/aromatic N) is 3. The van der Waals surface area contributed by atoms with Crippen molar-refractivity contribution in [2.75, 3.05) is 31.6 Å². The van der Waals surface area contributed by atoms with Gasteiger partial charge in [-0.05, 0) is 37.9 Å². The van der Waals surface area contributed by atoms with Crippen LogP contribution in [0.5, 0.6) is 5.75 Å². The normalized spacial score (nSPS) is 15.8. The minimum atomic E-state index is -2.68. The molecule has 0 bridgehead atoms. The Bertz CT molecular complexity index is 995. The summed E-state index contributed by atoms with van der Waals surface area (Å²) in [6.07, 6.45) is 14.8. The Morgan fingerprint density at radius 3 is 2.37 bits per heavy atom. The topological polar surface area (TPSA) is 87.6 Å². The van der Waals surface area contributed by atoms with Gasteiger partial charge in [-0.15, -0.1) is 0 Å². The van der Waals surface area contributed by atoms with Gasteiger partial charge >= 0.3 is 5.97 Å². The van der Waals surface area contributed by atoms with Crippen molar-refractivity contribution in [3.8, 4) is 5.75 Å². The van der Waals surface area contributed by atoms with Crippen LogP contribution in [0, 0.1) is 0 Å². The smallest absolute Gasteiger partial charge is 0.358 e. The van der Waals surface area contributed by atoms with E-state index in [0.717, 1.165) is 31.6 Å². The van der Waals surface area contributed by atoms with Gasteiger partial charge in [0.15, 0.2) is 11.4 Å². The van der Waals surface area contributed by atoms with Crippen molar-refractivity contribution in [1.82, 2.24) is 15.3 Å². The van der Waals surface area contributed by atoms with Crippen LogP contribution in [0.25, 0.3) is 0 Å². The van der Waals surface area contributed by atoms with Gasteiger partial charge in [0.2, 0.25) is 0 Å². The molecule has 4 rings (SSSR count). The minimum Gasteiger partial charge on any atom is -0.494 e. The van der Waals surface area contributed by atoms with E-state index in [1.807, 2.05) is 18.3 Å². The fraction of sp³-hybridized carbons (Fsp3) is 0.621. The molecule has 1 aliphatic carbocycles. The molecule has 0 spiro atoms. The summed E-state index contributed by atoms with van der Waals surface area (Å²) in [5.74, 6) is -3.58. The Labute approximate surface area is 225 Å². The highest BCUT2D eigenvalue weighted by Gasteiger charge is 2.46. The van der Waals surface area contributed by atoms with Gasteiger partial charge in [-0.2, -0.15) is 0 Å². The van der Waals surface area contributed by atoms with Crippen LogP contribution in [-0.2, 0) is 6.54 Å². The van der Waals surface area contributed by atoms with E-state index in [9.17, 15) is 13.6 Å². The van der Waals surface area contributed by atoms with Crippen LogP contribution in [0.2, 0.25) is 0 Å². The number of methoxy groups -OCH3 is 1. The van der Waals surface area contributed by atoms with E-state index in [1.165, 1.54) is 69.4 Å². The standard InChI is InChI=1S/C16H28N2.C13H14F2N2O3/c1-2-3-4-5-6-7-8-10-13-17-15-16-12-9-11-14-18-16;1-20-9-4-8(17-5-13(14,15)6-17)10(7-2-3-7)16-11(9)12(18)19/h9,11-12,14,17H,2-8,10,13,15H2,1H3;4,7H,2-3,5-6H2,1H3,(H,18,19). The van der Waals surface area contributed by atoms with E-state index in [4.69, 9.17) is 9.84 Å². The Morgan fingerprint density at radius 2 is 1.82 bits per heavy atom. The van der Waals surface area contributed by atoms with Crippen LogP contribution in [-0.4, -0.2) is 53.7 Å². The molecule has 3 heterocycles. The number of nitrogens with one attached hydrogen (secondary N) is 1. The number of hydrogen-bond donors (Lipinski definition) is 2. The number of alkyl halides is 2. The summed E-state index contributed by atoms with van der Waals surface area (Å²) in [7, 11) is 1.34. The third-order valence-corrected chi connectivity index (χ3v) is 6.81. The summed E-state index contributed by atoms with van der Waals surface area (Å²) in [5.41, 5.74) is 2.14. The first-order valence-electron chi connectivity index (χ1n) is 13.9. The predicted molar refractivity (Wildman–Crippen MR) is 145 cm³/mol. The highest BCUT2D eigenvalue weighted by Crippen LogP contribution is 2.46. The van der Waals surface area contributed by atoms with Gasteiger partial charge < -0.3 is 20.1 Å². The molecule has 9 heteroatoms. The molecule has 0 atom stereocenters. The van der Waals surface area contributed by atoms with Crippen LogP contribution < -0.4 is 15.0 Å². The highest BCUT2D eigenvalue weighted by atomic mass is 19.3. The number of carboxylic acid groups (broad SMARTS) is 1. The van der Waals surface area contributed by atoms with E-state index in [0.29, 0.717) is 11.4 Å². The molecule has 1 saturated carbocycles. The van der Waals surface area contributed by atoms with E-state index < -0.39 is 11.9 Å². The lowest BCUT2D eigenvalue weighted by Crippen LogP contribution is -2.56. The molecule has 2 fully saturated rings. The van der Waals surface area contributed by atoms with Gasteiger partial charge in [0.25, 0.3) is 5.92 Å². The molecule has 2 N–H and O–H groups in total. The summed E-state index contributed by atoms with van der Waals surface area (Å²) in [5, 5.41) is 12.6. The van der Waals surface area contributed by atoms with Crippen LogP contribution >= 0.6 is 0 Å². The number of halogens is 2. The maximum Gasteiger partial charge on any atom is 0.358 e. The third-order valence-electron chi connectivity index (χ3n) is 6.81. The van der Waals surface area contributed by atoms with Gasteiger partial charge in [0.1, 0.15) is 0 Å². The molecule has 2 aromatic heterocycles. The highest BCUT2D eigenvalue weighted by molar-refractivity contribution is 5.89. The molecule has 0 unspecified atom stereocenters. The maximum atomic E-state index is 13.0. The molecule has 0 amide bonds. The lowest BCUT2D eigenvalue weighted by Gasteiger charge is -2.41. The number of carboxylic acids is 1. The predicted octanol–water partition coefficient (Wildman–Crippen LogP) is 6.43. The van der Waals surface area contributed by atoms with Crippen LogP contribution in [0.1, 0.15) is 98.9 Å². The zero-order chi connectivity index (χ0) is 27.4. The first kappa shape index (κ1) is 29.7. The lowest BCUT2D eigenvalue weighted by atomic mass is 10.1. The first-order chi connectivity index (χ1) is 18.3. The van der Waals surface area contributed by atoms with Crippen LogP contribution in [0.4, 0.5) is 14.5 Å². The zero-order valence-electron chi connectivity index (χ0n) is 22.7. The van der Waals surface area contributed by atoms with Gasteiger partial charge in [0.05, 0.1) is 37.3 Å². The minimum absolute atomic E-state index is 0.104. The molecular formula is C29H42F2N4O3. The van der Waals surface area contributed by atoms with Gasteiger partial charge in [-0.1, -0.05) is 57.9 Å². The average Bonchev–Trinajstić information content (AvgIpc) is 3.74. The van der Waals surface area contributed by atoms with E-state index in [-0.39, 0.29) is 30.5 Å². The lowest BCUT2D eigenvalue weighted by molar-refractivity contribution is -0.0264. The molecule has 38 heavy (non-hydrogen) atoms. The molecule has 0 aromatic carbocycles. The fourth-order valence-corrected chi connectivity index (χ4v) is 4.50. The molecule has 7 nitrogen and oxygen atoms in total. The van der Waals surface area contributed by atoms with Gasteiger partial charge in [-0.3, -0.25) is 4.98 Å². The Hall–Kier alpha value is -2.81. The van der Waals surface area contributed by atoms with E-state index in [1.54, 1.807) is 0 Å². The van der Waals surface area contributed by atoms with Crippen molar-refractivity contribution in [1.29, 1.82) is 0 Å². The van der Waals surface area contributed by atoms with Gasteiger partial charge in [-0.25, -0.2) is 18.6 Å². The first-order valence-corrected chi connectivity index (χ1v) is 13.9. The number of aromatic nitrogens is 2. The molecule has 2 aromatic rings. The second-order valence-electron chi connectivity index (χ2n) is 10.2. The van der Waals surface area contributed by atoms with E-state index in [2.05, 4.69) is 28.3 Å². The van der Waals surface area contributed by atoms with Crippen molar-refractivity contribution in [3.63, 3.8) is 0 Å². The summed E-state index contributed by atoms with van der Waals surface area (Å²) < 4.78 is 31.1. The molecule has 1 aliphatic heterocycles. The molecule has 0 radical (unpaired) electrons. The number of unbranched alkanes of at least 4 members (excludes halogenated alkanes) is 7. The Balaban J connectivity index is 0.000000212. The fourth-order valence-electron chi connectivity index (χ4n) is 4.50. The van der Waals surface area contributed by atoms with Crippen LogP contribution in [0.15, 0.2) is 30.5 Å². The van der Waals surface area contributed by atoms with Crippen molar-refractivity contribution in [3.05, 3.63) is 47.5 Å². The number of rotatable bonds is 15. The monoisotopic (exact) mass is 532 g/mol. The molecule has 1 saturated heterocycles. The number of hydrogen-bond acceptors (Lipinski definition) is 6. The zero-order valence-corrected chi connectivity index (χ0v) is 22.7. The maximum absolute atomic E-state index is 13.0. The SMILES string of the molecule is CCCCCCCCCCNCc1ccccn1.COc1cc(N2CC(F)(F)C2)c(C2CC2)nc1C(=O)O. The van der Waals surface area contributed by atoms with Crippen LogP contribution in [0.3, 0.4) is 0 Å². The second kappa shape index (κ2) is 15.0. The Kier molecular flexibility index (Phi) is 11.7. The number of aromatic carboxylic acids is 1. The molecule has 2 aliphatic rings. The number of pyridine rings is 2. The number of ether oxygens (including phenoxy) is 1. The third kappa shape index (κ3) is 9.49. The number of anilines is 1. The molecule has 210 valence electrons. The summed E-state index contributed by atoms with van der Waals surface area (Å²) >= 11 is 0. The van der Waals surface area contributed by atoms with Crippen molar-refractivity contribution < 1.29 is 23.4 Å². The summed E-state index contributed by atoms with van der Waals surface area (Å²) in [4.78, 5) is 21.1. The Morgan fingerprint density at radius 1 is 1.13 bits per heavy atom. The van der Waals surface area contributed by atoms with E-state index >= 15 is 0 Å². The van der Waals surface area contributed by atoms with Crippen molar-refractivity contribution in [2.24, 2.45) is 0 Å².